The summed E-state index contributed by atoms with van der Waals surface area (Å²) < 4.78 is 27.0. The number of benzene rings is 5. The molecule has 1 aromatic heterocycles. The van der Waals surface area contributed by atoms with Crippen LogP contribution in [0.2, 0.25) is 0 Å². The molecule has 1 heterocycles. The Hall–Kier alpha value is -9.44. The van der Waals surface area contributed by atoms with Gasteiger partial charge < -0.3 is 45.0 Å². The molecule has 0 saturated carbocycles. The number of nitrogens with one attached hydrogen (secondary N) is 6. The van der Waals surface area contributed by atoms with Crippen LogP contribution in [0.4, 0.5) is 19.5 Å². The molecule has 80 heavy (non-hydrogen) atoms. The van der Waals surface area contributed by atoms with Gasteiger partial charge in [-0.1, -0.05) is 166 Å². The lowest BCUT2D eigenvalue weighted by Crippen LogP contribution is -2.54. The summed E-state index contributed by atoms with van der Waals surface area (Å²) in [5.41, 5.74) is 3.74. The van der Waals surface area contributed by atoms with Crippen LogP contribution in [0.1, 0.15) is 66.6 Å². The van der Waals surface area contributed by atoms with Gasteiger partial charge in [-0.3, -0.25) is 34.8 Å². The third-order valence-electron chi connectivity index (χ3n) is 11.4. The zero-order chi connectivity index (χ0) is 56.9. The second-order valence-electron chi connectivity index (χ2n) is 18.1. The maximum Gasteiger partial charge on any atom is 0.414 e. The largest absolute Gasteiger partial charge is 0.461 e. The van der Waals surface area contributed by atoms with Gasteiger partial charge in [0.1, 0.15) is 51.2 Å². The first kappa shape index (κ1) is 59.8. The highest BCUT2D eigenvalue weighted by atomic mass is 32.1. The van der Waals surface area contributed by atoms with Crippen LogP contribution in [-0.2, 0) is 87.1 Å². The zero-order valence-corrected chi connectivity index (χ0v) is 44.8. The van der Waals surface area contributed by atoms with E-state index in [1.54, 1.807) is 141 Å². The molecule has 0 bridgehead atoms. The van der Waals surface area contributed by atoms with Crippen LogP contribution in [0.25, 0.3) is 0 Å². The second-order valence-corrected chi connectivity index (χ2v) is 19.0. The highest BCUT2D eigenvalue weighted by molar-refractivity contribution is 7.14. The molecular weight excluding hydrogens is 1050 g/mol. The van der Waals surface area contributed by atoms with Gasteiger partial charge in [0, 0.05) is 11.9 Å². The average Bonchev–Trinajstić information content (AvgIpc) is 3.91. The number of rotatable bonds is 26. The van der Waals surface area contributed by atoms with Crippen molar-refractivity contribution in [1.82, 2.24) is 31.6 Å². The van der Waals surface area contributed by atoms with E-state index in [1.807, 2.05) is 24.3 Å². The molecule has 6 rings (SSSR count). The van der Waals surface area contributed by atoms with Crippen LogP contribution in [0, 0.1) is 5.92 Å². The third kappa shape index (κ3) is 21.9. The monoisotopic (exact) mass is 1110 g/mol. The quantitative estimate of drug-likeness (QED) is 0.0101. The maximum atomic E-state index is 13.9. The zero-order valence-electron chi connectivity index (χ0n) is 44.0. The molecule has 22 heteroatoms. The topological polar surface area (TPSA) is 280 Å². The maximum absolute atomic E-state index is 13.9. The Morgan fingerprint density at radius 1 is 0.525 bits per heavy atom. The molecule has 0 radical (unpaired) electrons. The number of amides is 6. The number of hydrogen-bond donors (Lipinski definition) is 6. The SMILES string of the molecule is CC(C)[C@H](NC(=O)[C@H](CC(=O)OCc1ccccc1)NC(=O)Cc1csc(NC(=O)[C@H](CCCN=C(NC(=O)OCc2ccccc2)NC(=O)OCc2ccccc2)NC(=O)OCc2ccccc2)n1)C(=O)OCc1ccccc1. The molecule has 5 aromatic carbocycles. The Morgan fingerprint density at radius 2 is 0.975 bits per heavy atom. The van der Waals surface area contributed by atoms with Crippen molar-refractivity contribution in [1.29, 1.82) is 0 Å². The lowest BCUT2D eigenvalue weighted by atomic mass is 10.0. The normalized spacial score (nSPS) is 11.7. The van der Waals surface area contributed by atoms with Gasteiger partial charge in [-0.2, -0.15) is 0 Å². The van der Waals surface area contributed by atoms with Gasteiger partial charge >= 0.3 is 30.2 Å². The van der Waals surface area contributed by atoms with E-state index in [0.29, 0.717) is 22.3 Å². The summed E-state index contributed by atoms with van der Waals surface area (Å²) in [7, 11) is 0. The third-order valence-corrected chi connectivity index (χ3v) is 12.2. The van der Waals surface area contributed by atoms with Crippen molar-refractivity contribution in [3.05, 3.63) is 191 Å². The molecular formula is C58H62N8O13S. The minimum atomic E-state index is -1.49. The summed E-state index contributed by atoms with van der Waals surface area (Å²) >= 11 is 0.973. The van der Waals surface area contributed by atoms with Gasteiger partial charge in [-0.05, 0) is 46.6 Å². The van der Waals surface area contributed by atoms with Crippen LogP contribution in [0.5, 0.6) is 0 Å². The second kappa shape index (κ2) is 32.3. The van der Waals surface area contributed by atoms with Crippen LogP contribution in [-0.4, -0.2) is 83.6 Å². The van der Waals surface area contributed by atoms with E-state index in [9.17, 15) is 38.4 Å². The lowest BCUT2D eigenvalue weighted by molar-refractivity contribution is -0.151. The number of guanidine groups is 1. The molecule has 0 spiro atoms. The molecule has 3 atom stereocenters. The Bertz CT molecular complexity index is 2930. The number of nitrogens with zero attached hydrogens (tertiary/aromatic N) is 2. The van der Waals surface area contributed by atoms with E-state index in [1.165, 1.54) is 5.38 Å². The summed E-state index contributed by atoms with van der Waals surface area (Å²) in [5, 5.41) is 16.8. The van der Waals surface area contributed by atoms with Crippen molar-refractivity contribution in [3.63, 3.8) is 0 Å². The molecule has 0 fully saturated rings. The van der Waals surface area contributed by atoms with Gasteiger partial charge in [0.25, 0.3) is 0 Å². The standard InChI is InChI=1S/C58H62N8O13S/c1-39(2)50(53(71)76-34-41-21-10-4-11-22-41)63-52(70)47(32-49(68)75-33-40-19-8-3-9-20-40)61-48(67)31-45-38-80-55(60-45)64-51(69)46(62-56(72)77-35-42-23-12-5-13-24-42)29-18-30-59-54(65-57(73)78-36-43-25-14-6-15-26-43)66-58(74)79-37-44-27-16-7-17-28-44/h3-17,19-28,38-39,46-47,50H,18,29-37H2,1-2H3,(H,61,67)(H,62,72)(H,63,70)(H,60,64,69)(H2,59,65,66,73,74)/t46-,47-,50-/m0/s1. The fourth-order valence-electron chi connectivity index (χ4n) is 7.28. The molecule has 6 N–H and O–H groups in total. The van der Waals surface area contributed by atoms with Crippen molar-refractivity contribution in [2.24, 2.45) is 10.9 Å². The fourth-order valence-corrected chi connectivity index (χ4v) is 7.99. The summed E-state index contributed by atoms with van der Waals surface area (Å²) in [5.74, 6) is -4.54. The van der Waals surface area contributed by atoms with Gasteiger partial charge in [-0.25, -0.2) is 24.2 Å². The minimum absolute atomic E-state index is 0.0414. The highest BCUT2D eigenvalue weighted by Crippen LogP contribution is 2.18. The number of alkyl carbamates (subject to hydrolysis) is 3. The first-order chi connectivity index (χ1) is 38.8. The smallest absolute Gasteiger partial charge is 0.414 e. The first-order valence-corrected chi connectivity index (χ1v) is 26.4. The molecule has 0 saturated heterocycles. The predicted molar refractivity (Wildman–Crippen MR) is 295 cm³/mol. The van der Waals surface area contributed by atoms with Gasteiger partial charge in [0.05, 0.1) is 18.5 Å². The number of hydrogen-bond acceptors (Lipinski definition) is 16. The van der Waals surface area contributed by atoms with Gasteiger partial charge in [0.2, 0.25) is 23.7 Å². The molecule has 0 aliphatic rings. The predicted octanol–water partition coefficient (Wildman–Crippen LogP) is 7.41. The van der Waals surface area contributed by atoms with E-state index in [4.69, 9.17) is 23.7 Å². The number of esters is 2. The Labute approximate surface area is 466 Å². The molecule has 0 unspecified atom stereocenters. The first-order valence-electron chi connectivity index (χ1n) is 25.5. The summed E-state index contributed by atoms with van der Waals surface area (Å²) in [4.78, 5) is 115. The van der Waals surface area contributed by atoms with E-state index < -0.39 is 84.8 Å². The van der Waals surface area contributed by atoms with Crippen LogP contribution < -0.4 is 31.9 Å². The van der Waals surface area contributed by atoms with Crippen molar-refractivity contribution in [2.75, 3.05) is 11.9 Å². The number of carbonyl (C=O) groups is 8. The average molecular weight is 1110 g/mol. The number of anilines is 1. The van der Waals surface area contributed by atoms with Crippen molar-refractivity contribution in [2.45, 2.75) is 90.7 Å². The molecule has 0 aliphatic heterocycles. The van der Waals surface area contributed by atoms with E-state index in [-0.39, 0.29) is 69.2 Å². The summed E-state index contributed by atoms with van der Waals surface area (Å²) in [6, 6.07) is 40.7. The summed E-state index contributed by atoms with van der Waals surface area (Å²) in [6.45, 7) is 2.95. The molecule has 418 valence electrons. The number of aliphatic imine (C=N–C) groups is 1. The molecule has 0 aliphatic carbocycles. The van der Waals surface area contributed by atoms with E-state index in [2.05, 4.69) is 41.9 Å². The van der Waals surface area contributed by atoms with Crippen LogP contribution >= 0.6 is 11.3 Å². The fraction of sp³-hybridized carbons (Fsp3) is 0.276. The molecule has 6 amide bonds. The van der Waals surface area contributed by atoms with Crippen molar-refractivity contribution in [3.8, 4) is 0 Å². The molecule has 21 nitrogen and oxygen atoms in total. The minimum Gasteiger partial charge on any atom is -0.461 e. The lowest BCUT2D eigenvalue weighted by Gasteiger charge is -2.24. The van der Waals surface area contributed by atoms with Crippen molar-refractivity contribution < 1.29 is 62.0 Å². The Morgan fingerprint density at radius 3 is 1.45 bits per heavy atom. The number of aromatic nitrogens is 1. The van der Waals surface area contributed by atoms with Crippen molar-refractivity contribution >= 4 is 70.4 Å². The number of ether oxygens (including phenoxy) is 5. The Kier molecular flexibility index (Phi) is 24.2. The number of thiazole rings is 1. The van der Waals surface area contributed by atoms with Gasteiger partial charge in [0.15, 0.2) is 5.13 Å². The van der Waals surface area contributed by atoms with Crippen LogP contribution in [0.3, 0.4) is 0 Å². The highest BCUT2D eigenvalue weighted by Gasteiger charge is 2.32. The molecule has 6 aromatic rings. The summed E-state index contributed by atoms with van der Waals surface area (Å²) in [6.07, 6.45) is -3.68. The van der Waals surface area contributed by atoms with Gasteiger partial charge in [-0.15, -0.1) is 11.3 Å². The van der Waals surface area contributed by atoms with Crippen LogP contribution in [0.15, 0.2) is 162 Å². The Balaban J connectivity index is 1.10. The van der Waals surface area contributed by atoms with E-state index in [0.717, 1.165) is 16.9 Å². The number of carbonyl (C=O) groups excluding carboxylic acids is 8. The van der Waals surface area contributed by atoms with E-state index >= 15 is 0 Å².